The Kier molecular flexibility index (Phi) is 5.93. The molecule has 2 unspecified atom stereocenters. The number of hydrogen-bond donors (Lipinski definition) is 1. The molecule has 90 valence electrons. The minimum Gasteiger partial charge on any atom is -0.389 e. The molecule has 2 heteroatoms. The first kappa shape index (κ1) is 13.6. The van der Waals surface area contributed by atoms with Crippen molar-refractivity contribution in [1.82, 2.24) is 0 Å². The summed E-state index contributed by atoms with van der Waals surface area (Å²) in [5.74, 6) is 1.97. The molecular weight excluding hydrogens is 216 g/mol. The van der Waals surface area contributed by atoms with Crippen LogP contribution < -0.4 is 0 Å². The lowest BCUT2D eigenvalue weighted by molar-refractivity contribution is 0.199. The van der Waals surface area contributed by atoms with Crippen LogP contribution in [0.4, 0.5) is 0 Å². The lowest BCUT2D eigenvalue weighted by Crippen LogP contribution is -1.97. The van der Waals surface area contributed by atoms with E-state index in [1.807, 2.05) is 23.9 Å². The van der Waals surface area contributed by atoms with Gasteiger partial charge in [0.25, 0.3) is 0 Å². The summed E-state index contributed by atoms with van der Waals surface area (Å²) in [5, 5.41) is 9.40. The molecule has 0 saturated carbocycles. The second-order valence-corrected chi connectivity index (χ2v) is 5.54. The molecule has 0 aromatic heterocycles. The number of hydrogen-bond acceptors (Lipinski definition) is 2. The average Bonchev–Trinajstić information content (AvgIpc) is 2.27. The van der Waals surface area contributed by atoms with Gasteiger partial charge in [0.05, 0.1) is 6.10 Å². The molecule has 0 fully saturated rings. The fraction of sp³-hybridized carbons (Fsp3) is 0.571. The van der Waals surface area contributed by atoms with E-state index in [9.17, 15) is 5.11 Å². The van der Waals surface area contributed by atoms with Gasteiger partial charge in [-0.15, -0.1) is 11.8 Å². The first-order valence-electron chi connectivity index (χ1n) is 6.04. The average molecular weight is 238 g/mol. The van der Waals surface area contributed by atoms with Crippen LogP contribution in [0, 0.1) is 5.92 Å². The van der Waals surface area contributed by atoms with Crippen molar-refractivity contribution in [2.24, 2.45) is 5.92 Å². The molecule has 1 N–H and O–H groups in total. The molecular formula is C14H22OS. The Balaban J connectivity index is 2.43. The van der Waals surface area contributed by atoms with Crippen molar-refractivity contribution in [1.29, 1.82) is 0 Å². The summed E-state index contributed by atoms with van der Waals surface area (Å²) in [4.78, 5) is 1.30. The van der Waals surface area contributed by atoms with Gasteiger partial charge in [-0.1, -0.05) is 38.8 Å². The van der Waals surface area contributed by atoms with Gasteiger partial charge in [0.2, 0.25) is 0 Å². The third kappa shape index (κ3) is 4.58. The first-order valence-corrected chi connectivity index (χ1v) is 7.02. The summed E-state index contributed by atoms with van der Waals surface area (Å²) in [5.41, 5.74) is 0.992. The van der Waals surface area contributed by atoms with Crippen molar-refractivity contribution < 1.29 is 5.11 Å². The predicted molar refractivity (Wildman–Crippen MR) is 71.9 cm³/mol. The lowest BCUT2D eigenvalue weighted by atomic mass is 10.1. The third-order valence-electron chi connectivity index (χ3n) is 2.68. The van der Waals surface area contributed by atoms with Gasteiger partial charge in [-0.25, -0.2) is 0 Å². The molecule has 1 rings (SSSR count). The SMILES string of the molecule is CCCC(C)CSc1ccc(C(C)O)cc1. The maximum absolute atomic E-state index is 9.40. The molecule has 1 nitrogen and oxygen atoms in total. The van der Waals surface area contributed by atoms with Crippen molar-refractivity contribution in [3.05, 3.63) is 29.8 Å². The van der Waals surface area contributed by atoms with Gasteiger partial charge >= 0.3 is 0 Å². The van der Waals surface area contributed by atoms with Gasteiger partial charge in [0.15, 0.2) is 0 Å². The quantitative estimate of drug-likeness (QED) is 0.747. The van der Waals surface area contributed by atoms with E-state index in [1.54, 1.807) is 6.92 Å². The number of aliphatic hydroxyl groups is 1. The van der Waals surface area contributed by atoms with Crippen molar-refractivity contribution in [3.63, 3.8) is 0 Å². The number of thioether (sulfide) groups is 1. The second-order valence-electron chi connectivity index (χ2n) is 4.45. The molecule has 0 amide bonds. The van der Waals surface area contributed by atoms with Gasteiger partial charge in [-0.2, -0.15) is 0 Å². The highest BCUT2D eigenvalue weighted by Gasteiger charge is 2.03. The van der Waals surface area contributed by atoms with E-state index < -0.39 is 0 Å². The maximum Gasteiger partial charge on any atom is 0.0761 e. The maximum atomic E-state index is 9.40. The van der Waals surface area contributed by atoms with Crippen molar-refractivity contribution in [2.45, 2.75) is 44.6 Å². The lowest BCUT2D eigenvalue weighted by Gasteiger charge is -2.10. The van der Waals surface area contributed by atoms with E-state index in [-0.39, 0.29) is 6.10 Å². The Morgan fingerprint density at radius 3 is 2.31 bits per heavy atom. The van der Waals surface area contributed by atoms with Crippen LogP contribution in [0.1, 0.15) is 45.3 Å². The Morgan fingerprint density at radius 2 is 1.81 bits per heavy atom. The zero-order valence-electron chi connectivity index (χ0n) is 10.4. The van der Waals surface area contributed by atoms with Gasteiger partial charge in [0.1, 0.15) is 0 Å². The summed E-state index contributed by atoms with van der Waals surface area (Å²) in [7, 11) is 0. The summed E-state index contributed by atoms with van der Waals surface area (Å²) in [6, 6.07) is 8.23. The summed E-state index contributed by atoms with van der Waals surface area (Å²) >= 11 is 1.91. The van der Waals surface area contributed by atoms with E-state index in [0.29, 0.717) is 0 Å². The molecule has 0 heterocycles. The molecule has 0 aliphatic rings. The van der Waals surface area contributed by atoms with Crippen LogP contribution in [0.15, 0.2) is 29.2 Å². The van der Waals surface area contributed by atoms with E-state index in [2.05, 4.69) is 26.0 Å². The predicted octanol–water partition coefficient (Wildman–Crippen LogP) is 4.27. The highest BCUT2D eigenvalue weighted by molar-refractivity contribution is 7.99. The third-order valence-corrected chi connectivity index (χ3v) is 4.02. The topological polar surface area (TPSA) is 20.2 Å². The van der Waals surface area contributed by atoms with Gasteiger partial charge in [0, 0.05) is 10.6 Å². The van der Waals surface area contributed by atoms with E-state index in [0.717, 1.165) is 11.5 Å². The summed E-state index contributed by atoms with van der Waals surface area (Å²) in [6.45, 7) is 6.34. The molecule has 1 aromatic rings. The van der Waals surface area contributed by atoms with Crippen LogP contribution in [0.2, 0.25) is 0 Å². The summed E-state index contributed by atoms with van der Waals surface area (Å²) in [6.07, 6.45) is 2.21. The normalized spacial score (nSPS) is 14.8. The Morgan fingerprint density at radius 1 is 1.19 bits per heavy atom. The summed E-state index contributed by atoms with van der Waals surface area (Å²) < 4.78 is 0. The molecule has 0 aliphatic carbocycles. The Hall–Kier alpha value is -0.470. The van der Waals surface area contributed by atoms with Crippen LogP contribution in [-0.2, 0) is 0 Å². The van der Waals surface area contributed by atoms with Crippen molar-refractivity contribution in [3.8, 4) is 0 Å². The fourth-order valence-corrected chi connectivity index (χ4v) is 2.63. The van der Waals surface area contributed by atoms with E-state index >= 15 is 0 Å². The van der Waals surface area contributed by atoms with Crippen LogP contribution in [-0.4, -0.2) is 10.9 Å². The van der Waals surface area contributed by atoms with Crippen LogP contribution in [0.25, 0.3) is 0 Å². The molecule has 0 bridgehead atoms. The largest absolute Gasteiger partial charge is 0.389 e. The highest BCUT2D eigenvalue weighted by atomic mass is 32.2. The second kappa shape index (κ2) is 6.97. The zero-order chi connectivity index (χ0) is 12.0. The molecule has 2 atom stereocenters. The Bertz CT molecular complexity index is 292. The minimum absolute atomic E-state index is 0.363. The molecule has 1 aromatic carbocycles. The molecule has 16 heavy (non-hydrogen) atoms. The van der Waals surface area contributed by atoms with Crippen LogP contribution in [0.3, 0.4) is 0 Å². The number of aliphatic hydroxyl groups excluding tert-OH is 1. The van der Waals surface area contributed by atoms with Crippen LogP contribution in [0.5, 0.6) is 0 Å². The van der Waals surface area contributed by atoms with Crippen molar-refractivity contribution in [2.75, 3.05) is 5.75 Å². The smallest absolute Gasteiger partial charge is 0.0761 e. The van der Waals surface area contributed by atoms with Gasteiger partial charge < -0.3 is 5.11 Å². The van der Waals surface area contributed by atoms with Gasteiger partial charge in [-0.3, -0.25) is 0 Å². The Labute approximate surface area is 103 Å². The minimum atomic E-state index is -0.363. The standard InChI is InChI=1S/C14H22OS/c1-4-5-11(2)10-16-14-8-6-13(7-9-14)12(3)15/h6-9,11-12,15H,4-5,10H2,1-3H3. The molecule has 0 saturated heterocycles. The van der Waals surface area contributed by atoms with Gasteiger partial charge in [-0.05, 0) is 30.5 Å². The van der Waals surface area contributed by atoms with Crippen LogP contribution >= 0.6 is 11.8 Å². The molecule has 0 aliphatic heterocycles. The zero-order valence-corrected chi connectivity index (χ0v) is 11.3. The monoisotopic (exact) mass is 238 g/mol. The molecule has 0 radical (unpaired) electrons. The first-order chi connectivity index (χ1) is 7.63. The van der Waals surface area contributed by atoms with Crippen molar-refractivity contribution >= 4 is 11.8 Å². The number of benzene rings is 1. The highest BCUT2D eigenvalue weighted by Crippen LogP contribution is 2.24. The number of rotatable bonds is 6. The van der Waals surface area contributed by atoms with E-state index in [4.69, 9.17) is 0 Å². The van der Waals surface area contributed by atoms with E-state index in [1.165, 1.54) is 23.5 Å². The molecule has 0 spiro atoms. The fourth-order valence-electron chi connectivity index (χ4n) is 1.66.